The second kappa shape index (κ2) is 5.96. The predicted molar refractivity (Wildman–Crippen MR) is 64.0 cm³/mol. The highest BCUT2D eigenvalue weighted by Gasteiger charge is 1.93. The molecular weight excluding hydrogens is 186 g/mol. The van der Waals surface area contributed by atoms with E-state index in [4.69, 9.17) is 0 Å². The maximum atomic E-state index is 4.16. The molecule has 0 amide bonds. The average molecular weight is 203 g/mol. The highest BCUT2D eigenvalue weighted by Crippen LogP contribution is 2.15. The molecule has 0 heterocycles. The summed E-state index contributed by atoms with van der Waals surface area (Å²) in [6.45, 7) is 9.59. The fourth-order valence-electron chi connectivity index (χ4n) is 1.18. The van der Waals surface area contributed by atoms with E-state index in [1.54, 1.807) is 6.08 Å². The van der Waals surface area contributed by atoms with Crippen molar-refractivity contribution in [3.63, 3.8) is 0 Å². The van der Waals surface area contributed by atoms with Gasteiger partial charge in [-0.2, -0.15) is 0 Å². The maximum absolute atomic E-state index is 4.16. The minimum Gasteiger partial charge on any atom is -0.279 e. The Morgan fingerprint density at radius 1 is 1.33 bits per heavy atom. The summed E-state index contributed by atoms with van der Waals surface area (Å²) < 4.78 is 0. The van der Waals surface area contributed by atoms with Crippen molar-refractivity contribution >= 4 is 11.8 Å². The Morgan fingerprint density at radius 3 is 2.67 bits per heavy atom. The van der Waals surface area contributed by atoms with Gasteiger partial charge >= 0.3 is 0 Å². The highest BCUT2D eigenvalue weighted by molar-refractivity contribution is 5.53. The molecule has 0 radical (unpaired) electrons. The van der Waals surface area contributed by atoms with E-state index in [0.29, 0.717) is 0 Å². The van der Waals surface area contributed by atoms with Gasteiger partial charge in [-0.1, -0.05) is 30.0 Å². The topological polar surface area (TPSA) is 28.0 Å². The molecule has 1 rings (SSSR count). The minimum atomic E-state index is 0.860. The van der Waals surface area contributed by atoms with Crippen LogP contribution in [0.15, 0.2) is 41.2 Å². The SMILES string of the molecule is C=Cc1cccc(N=NN(CC)CC)c1. The highest BCUT2D eigenvalue weighted by atomic mass is 15.5. The zero-order valence-corrected chi connectivity index (χ0v) is 9.35. The third kappa shape index (κ3) is 3.54. The number of rotatable bonds is 5. The maximum Gasteiger partial charge on any atom is 0.0880 e. The van der Waals surface area contributed by atoms with Crippen molar-refractivity contribution in [2.24, 2.45) is 10.3 Å². The molecule has 0 atom stereocenters. The predicted octanol–water partition coefficient (Wildman–Crippen LogP) is 3.67. The molecule has 0 saturated carbocycles. The van der Waals surface area contributed by atoms with E-state index >= 15 is 0 Å². The van der Waals surface area contributed by atoms with Crippen LogP contribution in [-0.2, 0) is 0 Å². The number of nitrogens with zero attached hydrogens (tertiary/aromatic N) is 3. The number of hydrogen-bond acceptors (Lipinski definition) is 2. The quantitative estimate of drug-likeness (QED) is 0.530. The van der Waals surface area contributed by atoms with Gasteiger partial charge in [-0.25, -0.2) is 0 Å². The van der Waals surface area contributed by atoms with Crippen LogP contribution >= 0.6 is 0 Å². The van der Waals surface area contributed by atoms with Crippen molar-refractivity contribution in [2.75, 3.05) is 13.1 Å². The molecule has 0 saturated heterocycles. The molecule has 0 aromatic heterocycles. The first kappa shape index (κ1) is 11.4. The molecule has 0 aliphatic rings. The molecule has 0 spiro atoms. The van der Waals surface area contributed by atoms with E-state index < -0.39 is 0 Å². The Labute approximate surface area is 91.1 Å². The van der Waals surface area contributed by atoms with Crippen molar-refractivity contribution < 1.29 is 0 Å². The Balaban J connectivity index is 2.74. The van der Waals surface area contributed by atoms with Crippen molar-refractivity contribution in [1.82, 2.24) is 5.01 Å². The molecule has 0 bridgehead atoms. The summed E-state index contributed by atoms with van der Waals surface area (Å²) in [6.07, 6.45) is 1.80. The first-order valence-corrected chi connectivity index (χ1v) is 5.19. The van der Waals surface area contributed by atoms with E-state index in [1.165, 1.54) is 0 Å². The zero-order chi connectivity index (χ0) is 11.1. The summed E-state index contributed by atoms with van der Waals surface area (Å²) in [5, 5.41) is 10.2. The summed E-state index contributed by atoms with van der Waals surface area (Å²) in [7, 11) is 0. The van der Waals surface area contributed by atoms with Crippen molar-refractivity contribution in [3.8, 4) is 0 Å². The van der Waals surface area contributed by atoms with Crippen LogP contribution in [0.25, 0.3) is 6.08 Å². The van der Waals surface area contributed by atoms with E-state index in [0.717, 1.165) is 24.3 Å². The Hall–Kier alpha value is -1.64. The van der Waals surface area contributed by atoms with Gasteiger partial charge in [0.05, 0.1) is 5.69 Å². The van der Waals surface area contributed by atoms with Gasteiger partial charge in [0, 0.05) is 13.1 Å². The van der Waals surface area contributed by atoms with Crippen LogP contribution in [0.2, 0.25) is 0 Å². The first-order valence-electron chi connectivity index (χ1n) is 5.19. The number of hydrogen-bond donors (Lipinski definition) is 0. The van der Waals surface area contributed by atoms with Gasteiger partial charge in [0.25, 0.3) is 0 Å². The van der Waals surface area contributed by atoms with E-state index in [-0.39, 0.29) is 0 Å². The van der Waals surface area contributed by atoms with Crippen LogP contribution < -0.4 is 0 Å². The Kier molecular flexibility index (Phi) is 4.54. The van der Waals surface area contributed by atoms with Crippen molar-refractivity contribution in [2.45, 2.75) is 13.8 Å². The van der Waals surface area contributed by atoms with Gasteiger partial charge in [-0.05, 0) is 31.5 Å². The molecule has 0 unspecified atom stereocenters. The van der Waals surface area contributed by atoms with Crippen LogP contribution in [0, 0.1) is 0 Å². The average Bonchev–Trinajstić information content (AvgIpc) is 2.31. The molecule has 80 valence electrons. The molecule has 3 heteroatoms. The fraction of sp³-hybridized carbons (Fsp3) is 0.333. The summed E-state index contributed by atoms with van der Waals surface area (Å²) in [6, 6.07) is 7.83. The molecule has 0 fully saturated rings. The summed E-state index contributed by atoms with van der Waals surface area (Å²) in [4.78, 5) is 0. The minimum absolute atomic E-state index is 0.860. The molecular formula is C12H17N3. The Bertz CT molecular complexity index is 340. The van der Waals surface area contributed by atoms with E-state index in [1.807, 2.05) is 29.3 Å². The van der Waals surface area contributed by atoms with Crippen LogP contribution in [0.3, 0.4) is 0 Å². The lowest BCUT2D eigenvalue weighted by Gasteiger charge is -2.10. The molecule has 0 aliphatic heterocycles. The lowest BCUT2D eigenvalue weighted by atomic mass is 10.2. The van der Waals surface area contributed by atoms with Gasteiger partial charge < -0.3 is 0 Å². The smallest absolute Gasteiger partial charge is 0.0880 e. The standard InChI is InChI=1S/C12H17N3/c1-4-11-8-7-9-12(10-11)13-14-15(5-2)6-3/h4,7-10H,1,5-6H2,2-3H3. The molecule has 15 heavy (non-hydrogen) atoms. The zero-order valence-electron chi connectivity index (χ0n) is 9.35. The van der Waals surface area contributed by atoms with Crippen LogP contribution in [0.4, 0.5) is 5.69 Å². The van der Waals surface area contributed by atoms with Gasteiger partial charge in [0.2, 0.25) is 0 Å². The molecule has 1 aromatic carbocycles. The third-order valence-electron chi connectivity index (χ3n) is 2.12. The lowest BCUT2D eigenvalue weighted by molar-refractivity contribution is 0.301. The number of benzene rings is 1. The Morgan fingerprint density at radius 2 is 2.07 bits per heavy atom. The largest absolute Gasteiger partial charge is 0.279 e. The first-order chi connectivity index (χ1) is 7.30. The second-order valence-corrected chi connectivity index (χ2v) is 3.13. The van der Waals surface area contributed by atoms with Gasteiger partial charge in [-0.15, -0.1) is 5.11 Å². The monoisotopic (exact) mass is 203 g/mol. The van der Waals surface area contributed by atoms with Crippen LogP contribution in [-0.4, -0.2) is 18.1 Å². The molecule has 3 nitrogen and oxygen atoms in total. The van der Waals surface area contributed by atoms with Gasteiger partial charge in [-0.3, -0.25) is 5.01 Å². The van der Waals surface area contributed by atoms with Gasteiger partial charge in [0.15, 0.2) is 0 Å². The lowest BCUT2D eigenvalue weighted by Crippen LogP contribution is -2.14. The fourth-order valence-corrected chi connectivity index (χ4v) is 1.18. The van der Waals surface area contributed by atoms with Crippen LogP contribution in [0.1, 0.15) is 19.4 Å². The third-order valence-corrected chi connectivity index (χ3v) is 2.12. The van der Waals surface area contributed by atoms with E-state index in [2.05, 4.69) is 30.8 Å². The van der Waals surface area contributed by atoms with Crippen molar-refractivity contribution in [1.29, 1.82) is 0 Å². The molecule has 0 N–H and O–H groups in total. The normalized spacial score (nSPS) is 10.5. The van der Waals surface area contributed by atoms with Gasteiger partial charge in [0.1, 0.15) is 0 Å². The second-order valence-electron chi connectivity index (χ2n) is 3.13. The molecule has 1 aromatic rings. The summed E-state index contributed by atoms with van der Waals surface area (Å²) >= 11 is 0. The van der Waals surface area contributed by atoms with Crippen LogP contribution in [0.5, 0.6) is 0 Å². The summed E-state index contributed by atoms with van der Waals surface area (Å²) in [5.41, 5.74) is 1.92. The molecule has 0 aliphatic carbocycles. The summed E-state index contributed by atoms with van der Waals surface area (Å²) in [5.74, 6) is 0. The van der Waals surface area contributed by atoms with Crippen molar-refractivity contribution in [3.05, 3.63) is 36.4 Å². The van der Waals surface area contributed by atoms with E-state index in [9.17, 15) is 0 Å².